The van der Waals surface area contributed by atoms with Crippen LogP contribution in [0.3, 0.4) is 0 Å². The molecule has 1 heterocycles. The fourth-order valence-corrected chi connectivity index (χ4v) is 4.05. The van der Waals surface area contributed by atoms with Gasteiger partial charge < -0.3 is 19.5 Å². The monoisotopic (exact) mass is 568 g/mol. The molecule has 1 fully saturated rings. The largest absolute Gasteiger partial charge is 0.493 e. The quantitative estimate of drug-likeness (QED) is 0.369. The number of hydrogen-bond acceptors (Lipinski definition) is 8. The van der Waals surface area contributed by atoms with Gasteiger partial charge in [0.2, 0.25) is 0 Å². The van der Waals surface area contributed by atoms with Crippen LogP contribution in [0, 0.1) is 0 Å². The van der Waals surface area contributed by atoms with E-state index in [1.807, 2.05) is 0 Å². The number of halogens is 2. The SMILES string of the molecule is COC(=O)CN1C(=O)S/C(=C\c2ccc(OCC(=O)Nc3ccc(Br)c(Cl)c3)c(OC)c2)C1=O. The van der Waals surface area contributed by atoms with Gasteiger partial charge in [0.15, 0.2) is 18.1 Å². The lowest BCUT2D eigenvalue weighted by molar-refractivity contribution is -0.143. The predicted octanol–water partition coefficient (Wildman–Crippen LogP) is 4.34. The van der Waals surface area contributed by atoms with E-state index in [1.54, 1.807) is 36.4 Å². The van der Waals surface area contributed by atoms with Crippen molar-refractivity contribution in [1.29, 1.82) is 0 Å². The van der Waals surface area contributed by atoms with Crippen molar-refractivity contribution in [1.82, 2.24) is 4.90 Å². The van der Waals surface area contributed by atoms with Crippen LogP contribution in [0.25, 0.3) is 6.08 Å². The summed E-state index contributed by atoms with van der Waals surface area (Å²) >= 11 is 10.0. The van der Waals surface area contributed by atoms with E-state index in [4.69, 9.17) is 21.1 Å². The third-order valence-corrected chi connectivity index (χ3v) is 6.58. The summed E-state index contributed by atoms with van der Waals surface area (Å²) < 4.78 is 16.1. The second-order valence-electron chi connectivity index (χ2n) is 6.72. The Morgan fingerprint density at radius 3 is 2.59 bits per heavy atom. The van der Waals surface area contributed by atoms with E-state index >= 15 is 0 Å². The van der Waals surface area contributed by atoms with Gasteiger partial charge in [-0.1, -0.05) is 17.7 Å². The van der Waals surface area contributed by atoms with Gasteiger partial charge in [0.25, 0.3) is 17.1 Å². The number of ether oxygens (including phenoxy) is 3. The average molecular weight is 570 g/mol. The van der Waals surface area contributed by atoms with Crippen LogP contribution in [0.15, 0.2) is 45.8 Å². The lowest BCUT2D eigenvalue weighted by atomic mass is 10.2. The van der Waals surface area contributed by atoms with Crippen LogP contribution in [-0.2, 0) is 19.1 Å². The number of carbonyl (C=O) groups is 4. The summed E-state index contributed by atoms with van der Waals surface area (Å²) in [6.45, 7) is -0.737. The molecular weight excluding hydrogens is 552 g/mol. The molecule has 1 N–H and O–H groups in total. The Morgan fingerprint density at radius 2 is 1.91 bits per heavy atom. The first-order valence-electron chi connectivity index (χ1n) is 9.59. The van der Waals surface area contributed by atoms with Gasteiger partial charge in [-0.2, -0.15) is 0 Å². The summed E-state index contributed by atoms with van der Waals surface area (Å²) in [7, 11) is 2.60. The Morgan fingerprint density at radius 1 is 1.15 bits per heavy atom. The number of thioether (sulfide) groups is 1. The van der Waals surface area contributed by atoms with E-state index < -0.39 is 29.6 Å². The molecule has 2 aromatic rings. The van der Waals surface area contributed by atoms with Crippen LogP contribution >= 0.6 is 39.3 Å². The van der Waals surface area contributed by atoms with Crippen LogP contribution in [0.2, 0.25) is 5.02 Å². The summed E-state index contributed by atoms with van der Waals surface area (Å²) in [6, 6.07) is 9.81. The number of hydrogen-bond donors (Lipinski definition) is 1. The van der Waals surface area contributed by atoms with Crippen molar-refractivity contribution in [2.24, 2.45) is 0 Å². The zero-order valence-electron chi connectivity index (χ0n) is 17.9. The summed E-state index contributed by atoms with van der Waals surface area (Å²) in [5.74, 6) is -1.06. The number of carbonyl (C=O) groups excluding carboxylic acids is 4. The molecule has 3 rings (SSSR count). The number of amides is 3. The maximum atomic E-state index is 12.5. The highest BCUT2D eigenvalue weighted by Gasteiger charge is 2.36. The summed E-state index contributed by atoms with van der Waals surface area (Å²) in [6.07, 6.45) is 1.50. The molecule has 0 aromatic heterocycles. The highest BCUT2D eigenvalue weighted by Crippen LogP contribution is 2.34. The van der Waals surface area contributed by atoms with Crippen molar-refractivity contribution < 1.29 is 33.4 Å². The number of imide groups is 1. The van der Waals surface area contributed by atoms with Gasteiger partial charge in [-0.3, -0.25) is 24.1 Å². The number of esters is 1. The minimum Gasteiger partial charge on any atom is -0.493 e. The maximum absolute atomic E-state index is 12.5. The minimum atomic E-state index is -0.695. The average Bonchev–Trinajstić information content (AvgIpc) is 3.07. The fraction of sp³-hybridized carbons (Fsp3) is 0.182. The number of benzene rings is 2. The van der Waals surface area contributed by atoms with Gasteiger partial charge >= 0.3 is 5.97 Å². The second kappa shape index (κ2) is 11.4. The van der Waals surface area contributed by atoms with E-state index in [9.17, 15) is 19.2 Å². The molecule has 3 amide bonds. The van der Waals surface area contributed by atoms with Gasteiger partial charge in [0.1, 0.15) is 6.54 Å². The molecule has 0 spiro atoms. The lowest BCUT2D eigenvalue weighted by Crippen LogP contribution is -2.34. The molecule has 0 saturated carbocycles. The molecule has 178 valence electrons. The van der Waals surface area contributed by atoms with E-state index in [2.05, 4.69) is 26.0 Å². The first-order chi connectivity index (χ1) is 16.2. The number of nitrogens with one attached hydrogen (secondary N) is 1. The summed E-state index contributed by atoms with van der Waals surface area (Å²) in [5.41, 5.74) is 1.08. The normalized spacial score (nSPS) is 14.4. The Kier molecular flexibility index (Phi) is 8.59. The van der Waals surface area contributed by atoms with Crippen LogP contribution < -0.4 is 14.8 Å². The Bertz CT molecular complexity index is 1190. The van der Waals surface area contributed by atoms with Crippen LogP contribution in [0.1, 0.15) is 5.56 Å². The van der Waals surface area contributed by atoms with Crippen LogP contribution in [-0.4, -0.2) is 55.3 Å². The molecule has 34 heavy (non-hydrogen) atoms. The molecule has 0 atom stereocenters. The van der Waals surface area contributed by atoms with Crippen LogP contribution in [0.5, 0.6) is 11.5 Å². The highest BCUT2D eigenvalue weighted by molar-refractivity contribution is 9.10. The minimum absolute atomic E-state index is 0.150. The molecular formula is C22H18BrClN2O7S. The van der Waals surface area contributed by atoms with Gasteiger partial charge in [-0.25, -0.2) is 0 Å². The number of rotatable bonds is 8. The molecule has 0 radical (unpaired) electrons. The van der Waals surface area contributed by atoms with E-state index in [-0.39, 0.29) is 11.5 Å². The number of methoxy groups -OCH3 is 2. The van der Waals surface area contributed by atoms with Crippen molar-refractivity contribution in [3.05, 3.63) is 56.4 Å². The lowest BCUT2D eigenvalue weighted by Gasteiger charge is -2.12. The van der Waals surface area contributed by atoms with Gasteiger partial charge in [0.05, 0.1) is 24.1 Å². The van der Waals surface area contributed by atoms with Crippen LogP contribution in [0.4, 0.5) is 10.5 Å². The topological polar surface area (TPSA) is 111 Å². The Hall–Kier alpha value is -3.02. The molecule has 12 heteroatoms. The summed E-state index contributed by atoms with van der Waals surface area (Å²) in [5, 5.41) is 2.57. The number of nitrogens with zero attached hydrogens (tertiary/aromatic N) is 1. The molecule has 0 aliphatic carbocycles. The molecule has 1 aliphatic heterocycles. The highest BCUT2D eigenvalue weighted by atomic mass is 79.9. The smallest absolute Gasteiger partial charge is 0.325 e. The van der Waals surface area contributed by atoms with E-state index in [0.717, 1.165) is 16.7 Å². The van der Waals surface area contributed by atoms with E-state index in [0.29, 0.717) is 32.2 Å². The molecule has 1 saturated heterocycles. The standard InChI is InChI=1S/C22H18BrClN2O7S/c1-31-17-7-12(8-18-21(29)26(22(30)34-18)10-20(28)32-2)3-6-16(17)33-11-19(27)25-13-4-5-14(23)15(24)9-13/h3-9H,10-11H2,1-2H3,(H,25,27)/b18-8-. The third kappa shape index (κ3) is 6.31. The van der Waals surface area contributed by atoms with Crippen molar-refractivity contribution in [2.75, 3.05) is 32.7 Å². The Labute approximate surface area is 212 Å². The first kappa shape index (κ1) is 25.6. The van der Waals surface area contributed by atoms with Gasteiger partial charge in [-0.05, 0) is 69.7 Å². The third-order valence-electron chi connectivity index (χ3n) is 4.44. The van der Waals surface area contributed by atoms with Gasteiger partial charge in [0, 0.05) is 10.2 Å². The molecule has 1 aliphatic rings. The van der Waals surface area contributed by atoms with Crippen molar-refractivity contribution >= 4 is 74.1 Å². The van der Waals surface area contributed by atoms with E-state index in [1.165, 1.54) is 20.3 Å². The first-order valence-corrected chi connectivity index (χ1v) is 11.6. The zero-order valence-corrected chi connectivity index (χ0v) is 21.1. The predicted molar refractivity (Wildman–Crippen MR) is 131 cm³/mol. The number of anilines is 1. The fourth-order valence-electron chi connectivity index (χ4n) is 2.79. The maximum Gasteiger partial charge on any atom is 0.325 e. The van der Waals surface area contributed by atoms with Crippen molar-refractivity contribution in [3.63, 3.8) is 0 Å². The summed E-state index contributed by atoms with van der Waals surface area (Å²) in [4.78, 5) is 49.1. The molecule has 0 bridgehead atoms. The second-order valence-corrected chi connectivity index (χ2v) is 8.97. The zero-order chi connectivity index (χ0) is 24.8. The Balaban J connectivity index is 1.66. The van der Waals surface area contributed by atoms with Gasteiger partial charge in [-0.15, -0.1) is 0 Å². The molecule has 9 nitrogen and oxygen atoms in total. The van der Waals surface area contributed by atoms with Crippen molar-refractivity contribution in [2.45, 2.75) is 0 Å². The molecule has 0 unspecified atom stereocenters. The molecule has 2 aromatic carbocycles. The van der Waals surface area contributed by atoms with Crippen molar-refractivity contribution in [3.8, 4) is 11.5 Å².